The van der Waals surface area contributed by atoms with Crippen LogP contribution in [-0.4, -0.2) is 15.5 Å². The molecular weight excluding hydrogens is 268 g/mol. The highest BCUT2D eigenvalue weighted by Crippen LogP contribution is 2.16. The summed E-state index contributed by atoms with van der Waals surface area (Å²) in [6.45, 7) is 5.33. The van der Waals surface area contributed by atoms with Crippen molar-refractivity contribution < 1.29 is 4.79 Å². The molecule has 0 saturated carbocycles. The van der Waals surface area contributed by atoms with Gasteiger partial charge in [-0.25, -0.2) is 4.79 Å². The molecular formula is C15H18N4O2. The van der Waals surface area contributed by atoms with Crippen molar-refractivity contribution in [3.8, 4) is 0 Å². The third-order valence-electron chi connectivity index (χ3n) is 3.21. The minimum absolute atomic E-state index is 0.0777. The summed E-state index contributed by atoms with van der Waals surface area (Å²) in [5.41, 5.74) is 8.87. The lowest BCUT2D eigenvalue weighted by molar-refractivity contribution is -0.116. The van der Waals surface area contributed by atoms with E-state index in [-0.39, 0.29) is 12.5 Å². The molecule has 2 aromatic rings. The van der Waals surface area contributed by atoms with Gasteiger partial charge in [0.05, 0.1) is 0 Å². The summed E-state index contributed by atoms with van der Waals surface area (Å²) in [6, 6.07) is 7.05. The third kappa shape index (κ3) is 3.47. The van der Waals surface area contributed by atoms with Crippen LogP contribution in [0.15, 0.2) is 29.1 Å². The van der Waals surface area contributed by atoms with Crippen LogP contribution in [0.2, 0.25) is 0 Å². The van der Waals surface area contributed by atoms with Gasteiger partial charge in [-0.2, -0.15) is 4.98 Å². The standard InChI is InChI=1S/C15H18N4O2/c1-9-4-5-12(7-13(9)16)18-14(20)8-19-11(3)6-10(2)17-15(19)21/h4-7H,8,16H2,1-3H3,(H,18,20). The smallest absolute Gasteiger partial charge is 0.348 e. The number of carbonyl (C=O) groups is 1. The van der Waals surface area contributed by atoms with E-state index in [9.17, 15) is 9.59 Å². The van der Waals surface area contributed by atoms with Crippen LogP contribution in [0.3, 0.4) is 0 Å². The van der Waals surface area contributed by atoms with Crippen LogP contribution < -0.4 is 16.7 Å². The summed E-state index contributed by atoms with van der Waals surface area (Å²) in [4.78, 5) is 27.7. The Bertz CT molecular complexity index is 750. The van der Waals surface area contributed by atoms with Crippen molar-refractivity contribution in [2.24, 2.45) is 0 Å². The zero-order valence-corrected chi connectivity index (χ0v) is 12.3. The van der Waals surface area contributed by atoms with Gasteiger partial charge in [0.2, 0.25) is 5.91 Å². The van der Waals surface area contributed by atoms with Gasteiger partial charge in [0.25, 0.3) is 0 Å². The minimum atomic E-state index is -0.425. The van der Waals surface area contributed by atoms with Crippen LogP contribution in [0.25, 0.3) is 0 Å². The van der Waals surface area contributed by atoms with Gasteiger partial charge in [0, 0.05) is 22.8 Å². The molecule has 0 aliphatic rings. The summed E-state index contributed by atoms with van der Waals surface area (Å²) in [7, 11) is 0. The van der Waals surface area contributed by atoms with E-state index in [1.807, 2.05) is 13.0 Å². The maximum absolute atomic E-state index is 12.0. The zero-order valence-electron chi connectivity index (χ0n) is 12.3. The Labute approximate surface area is 122 Å². The first kappa shape index (κ1) is 14.8. The number of nitrogens with two attached hydrogens (primary N) is 1. The summed E-state index contributed by atoms with van der Waals surface area (Å²) >= 11 is 0. The van der Waals surface area contributed by atoms with E-state index < -0.39 is 5.69 Å². The fraction of sp³-hybridized carbons (Fsp3) is 0.267. The number of amides is 1. The number of nitrogen functional groups attached to an aromatic ring is 1. The molecule has 0 spiro atoms. The molecule has 110 valence electrons. The highest BCUT2D eigenvalue weighted by molar-refractivity contribution is 5.91. The van der Waals surface area contributed by atoms with Gasteiger partial charge in [0.1, 0.15) is 6.54 Å². The molecule has 0 radical (unpaired) electrons. The Morgan fingerprint density at radius 2 is 2.00 bits per heavy atom. The monoisotopic (exact) mass is 286 g/mol. The van der Waals surface area contributed by atoms with Crippen molar-refractivity contribution >= 4 is 17.3 Å². The highest BCUT2D eigenvalue weighted by Gasteiger charge is 2.09. The lowest BCUT2D eigenvalue weighted by atomic mass is 10.2. The molecule has 1 amide bonds. The Balaban J connectivity index is 2.15. The van der Waals surface area contributed by atoms with Gasteiger partial charge in [0.15, 0.2) is 0 Å². The summed E-state index contributed by atoms with van der Waals surface area (Å²) < 4.78 is 1.33. The van der Waals surface area contributed by atoms with Crippen LogP contribution in [0.4, 0.5) is 11.4 Å². The third-order valence-corrected chi connectivity index (χ3v) is 3.21. The van der Waals surface area contributed by atoms with Gasteiger partial charge < -0.3 is 11.1 Å². The number of hydrogen-bond donors (Lipinski definition) is 2. The molecule has 3 N–H and O–H groups in total. The van der Waals surface area contributed by atoms with Crippen molar-refractivity contribution in [2.75, 3.05) is 11.1 Å². The summed E-state index contributed by atoms with van der Waals surface area (Å²) in [5, 5.41) is 2.72. The molecule has 0 saturated heterocycles. The number of anilines is 2. The predicted molar refractivity (Wildman–Crippen MR) is 82.2 cm³/mol. The Kier molecular flexibility index (Phi) is 4.07. The van der Waals surface area contributed by atoms with Crippen LogP contribution in [0.1, 0.15) is 17.0 Å². The molecule has 0 bridgehead atoms. The Hall–Kier alpha value is -2.63. The van der Waals surface area contributed by atoms with Gasteiger partial charge in [-0.3, -0.25) is 9.36 Å². The lowest BCUT2D eigenvalue weighted by Crippen LogP contribution is -2.31. The average Bonchev–Trinajstić information content (AvgIpc) is 2.38. The van der Waals surface area contributed by atoms with Crippen molar-refractivity contribution in [3.63, 3.8) is 0 Å². The summed E-state index contributed by atoms with van der Waals surface area (Å²) in [6.07, 6.45) is 0. The van der Waals surface area contributed by atoms with E-state index in [1.165, 1.54) is 4.57 Å². The topological polar surface area (TPSA) is 90.0 Å². The first-order chi connectivity index (χ1) is 9.86. The van der Waals surface area contributed by atoms with Crippen molar-refractivity contribution in [2.45, 2.75) is 27.3 Å². The highest BCUT2D eigenvalue weighted by atomic mass is 16.2. The van der Waals surface area contributed by atoms with Gasteiger partial charge in [-0.1, -0.05) is 6.07 Å². The largest absolute Gasteiger partial charge is 0.398 e. The normalized spacial score (nSPS) is 10.4. The second-order valence-corrected chi connectivity index (χ2v) is 5.03. The molecule has 6 heteroatoms. The number of hydrogen-bond acceptors (Lipinski definition) is 4. The molecule has 0 aliphatic carbocycles. The number of aryl methyl sites for hydroxylation is 3. The first-order valence-electron chi connectivity index (χ1n) is 6.58. The number of nitrogens with zero attached hydrogens (tertiary/aromatic N) is 2. The quantitative estimate of drug-likeness (QED) is 0.834. The number of carbonyl (C=O) groups excluding carboxylic acids is 1. The van der Waals surface area contributed by atoms with E-state index in [2.05, 4.69) is 10.3 Å². The van der Waals surface area contributed by atoms with Gasteiger partial charge in [-0.05, 0) is 44.5 Å². The number of aromatic nitrogens is 2. The van der Waals surface area contributed by atoms with E-state index >= 15 is 0 Å². The van der Waals surface area contributed by atoms with E-state index in [0.29, 0.717) is 22.8 Å². The fourth-order valence-corrected chi connectivity index (χ4v) is 2.03. The average molecular weight is 286 g/mol. The molecule has 1 aromatic carbocycles. The molecule has 0 aliphatic heterocycles. The van der Waals surface area contributed by atoms with Crippen LogP contribution in [0, 0.1) is 20.8 Å². The maximum atomic E-state index is 12.0. The van der Waals surface area contributed by atoms with E-state index in [4.69, 9.17) is 5.73 Å². The second kappa shape index (κ2) is 5.78. The zero-order chi connectivity index (χ0) is 15.6. The number of rotatable bonds is 3. The maximum Gasteiger partial charge on any atom is 0.348 e. The molecule has 1 heterocycles. The van der Waals surface area contributed by atoms with Gasteiger partial charge in [-0.15, -0.1) is 0 Å². The van der Waals surface area contributed by atoms with Crippen LogP contribution in [-0.2, 0) is 11.3 Å². The van der Waals surface area contributed by atoms with Crippen molar-refractivity contribution in [3.05, 3.63) is 51.7 Å². The number of nitrogens with one attached hydrogen (secondary N) is 1. The Morgan fingerprint density at radius 1 is 1.29 bits per heavy atom. The first-order valence-corrected chi connectivity index (χ1v) is 6.58. The number of benzene rings is 1. The van der Waals surface area contributed by atoms with Crippen molar-refractivity contribution in [1.29, 1.82) is 0 Å². The van der Waals surface area contributed by atoms with Crippen LogP contribution >= 0.6 is 0 Å². The molecule has 1 aromatic heterocycles. The lowest BCUT2D eigenvalue weighted by Gasteiger charge is -2.11. The molecule has 0 unspecified atom stereocenters. The van der Waals surface area contributed by atoms with Crippen molar-refractivity contribution in [1.82, 2.24) is 9.55 Å². The molecule has 0 atom stereocenters. The summed E-state index contributed by atoms with van der Waals surface area (Å²) in [5.74, 6) is -0.297. The van der Waals surface area contributed by atoms with Gasteiger partial charge >= 0.3 is 5.69 Å². The second-order valence-electron chi connectivity index (χ2n) is 5.03. The van der Waals surface area contributed by atoms with E-state index in [0.717, 1.165) is 5.56 Å². The molecule has 6 nitrogen and oxygen atoms in total. The fourth-order valence-electron chi connectivity index (χ4n) is 2.03. The van der Waals surface area contributed by atoms with Crippen LogP contribution in [0.5, 0.6) is 0 Å². The minimum Gasteiger partial charge on any atom is -0.398 e. The molecule has 0 fully saturated rings. The molecule has 2 rings (SSSR count). The predicted octanol–water partition coefficient (Wildman–Crippen LogP) is 1.39. The SMILES string of the molecule is Cc1cc(C)n(CC(=O)Nc2ccc(C)c(N)c2)c(=O)n1. The Morgan fingerprint density at radius 3 is 2.62 bits per heavy atom. The van der Waals surface area contributed by atoms with E-state index in [1.54, 1.807) is 32.0 Å². The molecule has 21 heavy (non-hydrogen) atoms.